The van der Waals surface area contributed by atoms with Crippen molar-refractivity contribution in [3.63, 3.8) is 0 Å². The number of esters is 4. The van der Waals surface area contributed by atoms with Crippen LogP contribution in [0.1, 0.15) is 364 Å². The van der Waals surface area contributed by atoms with Gasteiger partial charge in [-0.05, 0) is 49.4 Å². The summed E-state index contributed by atoms with van der Waals surface area (Å²) < 4.78 is 68.4. The summed E-state index contributed by atoms with van der Waals surface area (Å²) in [6, 6.07) is 0. The van der Waals surface area contributed by atoms with E-state index in [4.69, 9.17) is 37.0 Å². The van der Waals surface area contributed by atoms with Crippen molar-refractivity contribution in [1.82, 2.24) is 0 Å². The first-order valence-electron chi connectivity index (χ1n) is 37.7. The number of carbonyl (C=O) groups excluding carboxylic acids is 4. The van der Waals surface area contributed by atoms with Crippen LogP contribution in [0.15, 0.2) is 0 Å². The minimum Gasteiger partial charge on any atom is -0.462 e. The minimum absolute atomic E-state index is 0.104. The zero-order chi connectivity index (χ0) is 68.2. The first-order valence-corrected chi connectivity index (χ1v) is 40.7. The first kappa shape index (κ1) is 90.1. The number of carbonyl (C=O) groups is 4. The molecule has 0 aromatic carbocycles. The fourth-order valence-corrected chi connectivity index (χ4v) is 12.6. The number of phosphoric ester groups is 2. The standard InChI is InChI=1S/C73H142O17P2/c1-9-66(8)52-44-36-28-22-24-32-40-48-56-73(78)90-69(60-84-71(76)54-46-38-30-23-21-27-35-43-51-65(6)7)62-88-92(81,82)86-58-67(74)57-85-91(79,80)87-61-68(89-72(77)55-47-39-31-20-16-12-14-18-26-34-42-50-64(4)5)59-83-70(75)53-45-37-29-19-15-11-10-13-17-25-33-41-49-63(2)3/h63-69,74H,9-62H2,1-8H3,(H,79,80)(H,81,82)/t66?,67?,68-,69-/m1/s1. The van der Waals surface area contributed by atoms with Crippen molar-refractivity contribution in [1.29, 1.82) is 0 Å². The first-order chi connectivity index (χ1) is 44.1. The predicted molar refractivity (Wildman–Crippen MR) is 372 cm³/mol. The number of hydrogen-bond acceptors (Lipinski definition) is 15. The van der Waals surface area contributed by atoms with Gasteiger partial charge in [-0.25, -0.2) is 9.13 Å². The highest BCUT2D eigenvalue weighted by Crippen LogP contribution is 2.45. The molecule has 0 aromatic heterocycles. The van der Waals surface area contributed by atoms with E-state index in [1.54, 1.807) is 0 Å². The molecule has 0 fully saturated rings. The predicted octanol–water partition coefficient (Wildman–Crippen LogP) is 20.9. The Labute approximate surface area is 562 Å². The van der Waals surface area contributed by atoms with E-state index in [1.807, 2.05) is 0 Å². The van der Waals surface area contributed by atoms with Crippen molar-refractivity contribution in [2.75, 3.05) is 39.6 Å². The van der Waals surface area contributed by atoms with E-state index in [1.165, 1.54) is 167 Å². The van der Waals surface area contributed by atoms with Crippen LogP contribution in [-0.2, 0) is 65.4 Å². The zero-order valence-electron chi connectivity index (χ0n) is 60.2. The van der Waals surface area contributed by atoms with Crippen molar-refractivity contribution in [3.8, 4) is 0 Å². The Hall–Kier alpha value is -1.94. The molecule has 92 heavy (non-hydrogen) atoms. The van der Waals surface area contributed by atoms with Crippen LogP contribution in [0.4, 0.5) is 0 Å². The summed E-state index contributed by atoms with van der Waals surface area (Å²) in [5, 5.41) is 10.6. The van der Waals surface area contributed by atoms with Crippen molar-refractivity contribution >= 4 is 39.5 Å². The summed E-state index contributed by atoms with van der Waals surface area (Å²) in [4.78, 5) is 72.7. The molecular weight excluding hydrogens is 1210 g/mol. The molecule has 0 amide bonds. The third-order valence-corrected chi connectivity index (χ3v) is 19.1. The molecule has 0 aliphatic carbocycles. The number of ether oxygens (including phenoxy) is 4. The highest BCUT2D eigenvalue weighted by atomic mass is 31.2. The summed E-state index contributed by atoms with van der Waals surface area (Å²) in [7, 11) is -9.91. The maximum absolute atomic E-state index is 13.1. The molecule has 19 heteroatoms. The summed E-state index contributed by atoms with van der Waals surface area (Å²) >= 11 is 0. The molecule has 4 unspecified atom stereocenters. The highest BCUT2D eigenvalue weighted by molar-refractivity contribution is 7.47. The number of phosphoric acid groups is 2. The van der Waals surface area contributed by atoms with Gasteiger partial charge in [0.2, 0.25) is 0 Å². The van der Waals surface area contributed by atoms with Gasteiger partial charge in [-0.15, -0.1) is 0 Å². The molecule has 0 saturated heterocycles. The molecule has 0 bridgehead atoms. The van der Waals surface area contributed by atoms with Crippen molar-refractivity contribution in [2.24, 2.45) is 23.7 Å². The van der Waals surface area contributed by atoms with Crippen LogP contribution in [0.3, 0.4) is 0 Å². The molecule has 6 atom stereocenters. The van der Waals surface area contributed by atoms with Crippen LogP contribution >= 0.6 is 15.6 Å². The Morgan fingerprint density at radius 1 is 0.304 bits per heavy atom. The summed E-state index contributed by atoms with van der Waals surface area (Å²) in [5.74, 6) is 0.917. The van der Waals surface area contributed by atoms with E-state index in [9.17, 15) is 43.2 Å². The van der Waals surface area contributed by atoms with Gasteiger partial charge in [-0.3, -0.25) is 37.3 Å². The topological polar surface area (TPSA) is 237 Å². The SMILES string of the molecule is CCC(C)CCCCCCCCCCC(=O)O[C@H](COC(=O)CCCCCCCCCCC(C)C)COP(=O)(O)OCC(O)COP(=O)(O)OC[C@@H](COC(=O)CCCCCCCCCCCCCCC(C)C)OC(=O)CCCCCCCCCCCCCC(C)C. The highest BCUT2D eigenvalue weighted by Gasteiger charge is 2.30. The third kappa shape index (κ3) is 65.4. The molecule has 0 spiro atoms. The number of unbranched alkanes of at least 4 members (excludes halogenated alkanes) is 35. The van der Waals surface area contributed by atoms with Gasteiger partial charge in [0.05, 0.1) is 26.4 Å². The minimum atomic E-state index is -4.96. The van der Waals surface area contributed by atoms with Crippen molar-refractivity contribution in [3.05, 3.63) is 0 Å². The maximum atomic E-state index is 13.1. The van der Waals surface area contributed by atoms with Crippen LogP contribution in [0.2, 0.25) is 0 Å². The quantitative estimate of drug-likeness (QED) is 0.0222. The lowest BCUT2D eigenvalue weighted by Gasteiger charge is -2.21. The molecule has 17 nitrogen and oxygen atoms in total. The Morgan fingerprint density at radius 2 is 0.522 bits per heavy atom. The van der Waals surface area contributed by atoms with Crippen LogP contribution < -0.4 is 0 Å². The molecule has 0 aliphatic heterocycles. The van der Waals surface area contributed by atoms with Gasteiger partial charge in [0.15, 0.2) is 12.2 Å². The van der Waals surface area contributed by atoms with Crippen LogP contribution in [-0.4, -0.2) is 96.7 Å². The van der Waals surface area contributed by atoms with Gasteiger partial charge in [0.25, 0.3) is 0 Å². The Bertz CT molecular complexity index is 1820. The molecule has 546 valence electrons. The largest absolute Gasteiger partial charge is 0.472 e. The average Bonchev–Trinajstić information content (AvgIpc) is 2.96. The normalized spacial score (nSPS) is 14.5. The van der Waals surface area contributed by atoms with E-state index >= 15 is 0 Å². The molecule has 0 rings (SSSR count). The van der Waals surface area contributed by atoms with Gasteiger partial charge in [0, 0.05) is 25.7 Å². The summed E-state index contributed by atoms with van der Waals surface area (Å²) in [5.41, 5.74) is 0. The van der Waals surface area contributed by atoms with Crippen molar-refractivity contribution in [2.45, 2.75) is 382 Å². The maximum Gasteiger partial charge on any atom is 0.472 e. The number of aliphatic hydroxyl groups is 1. The van der Waals surface area contributed by atoms with E-state index in [2.05, 4.69) is 55.4 Å². The average molecular weight is 1350 g/mol. The number of hydrogen-bond donors (Lipinski definition) is 3. The molecule has 3 N–H and O–H groups in total. The lowest BCUT2D eigenvalue weighted by Crippen LogP contribution is -2.30. The lowest BCUT2D eigenvalue weighted by atomic mass is 9.99. The number of rotatable bonds is 70. The van der Waals surface area contributed by atoms with Gasteiger partial charge >= 0.3 is 39.5 Å². The van der Waals surface area contributed by atoms with Gasteiger partial charge < -0.3 is 33.8 Å². The van der Waals surface area contributed by atoms with Crippen LogP contribution in [0, 0.1) is 23.7 Å². The van der Waals surface area contributed by atoms with E-state index < -0.39 is 97.5 Å². The fourth-order valence-electron chi connectivity index (χ4n) is 11.0. The van der Waals surface area contributed by atoms with E-state index in [0.717, 1.165) is 114 Å². The third-order valence-electron chi connectivity index (χ3n) is 17.2. The monoisotopic (exact) mass is 1350 g/mol. The Balaban J connectivity index is 5.27. The molecule has 0 aliphatic rings. The fraction of sp³-hybridized carbons (Fsp3) is 0.945. The van der Waals surface area contributed by atoms with Gasteiger partial charge in [-0.1, -0.05) is 312 Å². The zero-order valence-corrected chi connectivity index (χ0v) is 62.0. The smallest absolute Gasteiger partial charge is 0.462 e. The Morgan fingerprint density at radius 3 is 0.772 bits per heavy atom. The molecule has 0 heterocycles. The molecule has 0 saturated carbocycles. The summed E-state index contributed by atoms with van der Waals surface area (Å²) in [6.45, 7) is 14.2. The second kappa shape index (κ2) is 62.6. The Kier molecular flexibility index (Phi) is 61.3. The van der Waals surface area contributed by atoms with E-state index in [-0.39, 0.29) is 25.7 Å². The molecule has 0 aromatic rings. The molecular formula is C73H142O17P2. The van der Waals surface area contributed by atoms with Gasteiger partial charge in [-0.2, -0.15) is 0 Å². The number of aliphatic hydroxyl groups excluding tert-OH is 1. The molecule has 0 radical (unpaired) electrons. The van der Waals surface area contributed by atoms with Crippen LogP contribution in [0.5, 0.6) is 0 Å². The summed E-state index contributed by atoms with van der Waals surface area (Å²) in [6.07, 6.45) is 45.7. The van der Waals surface area contributed by atoms with Gasteiger partial charge in [0.1, 0.15) is 19.3 Å². The van der Waals surface area contributed by atoms with Crippen molar-refractivity contribution < 1.29 is 80.2 Å². The van der Waals surface area contributed by atoms with Crippen LogP contribution in [0.25, 0.3) is 0 Å². The second-order valence-electron chi connectivity index (χ2n) is 28.0. The second-order valence-corrected chi connectivity index (χ2v) is 30.9. The van der Waals surface area contributed by atoms with E-state index in [0.29, 0.717) is 25.7 Å². The lowest BCUT2D eigenvalue weighted by molar-refractivity contribution is -0.161.